The van der Waals surface area contributed by atoms with Gasteiger partial charge in [-0.2, -0.15) is 0 Å². The van der Waals surface area contributed by atoms with Gasteiger partial charge in [-0.15, -0.1) is 0 Å². The molecule has 3 aromatic rings. The van der Waals surface area contributed by atoms with Crippen molar-refractivity contribution in [2.24, 2.45) is 4.99 Å². The van der Waals surface area contributed by atoms with Crippen LogP contribution in [-0.4, -0.2) is 22.7 Å². The molecule has 1 aromatic carbocycles. The molecule has 4 nitrogen and oxygen atoms in total. The third-order valence-electron chi connectivity index (χ3n) is 4.19. The summed E-state index contributed by atoms with van der Waals surface area (Å²) in [6.45, 7) is 2.22. The first kappa shape index (κ1) is 13.1. The molecule has 22 heavy (non-hydrogen) atoms. The number of nitrogens with zero attached hydrogens (tertiary/aromatic N) is 3. The van der Waals surface area contributed by atoms with Gasteiger partial charge in [-0.25, -0.2) is 9.98 Å². The van der Waals surface area contributed by atoms with Crippen molar-refractivity contribution in [1.82, 2.24) is 9.38 Å². The van der Waals surface area contributed by atoms with Crippen LogP contribution < -0.4 is 4.74 Å². The number of aliphatic imine (C=N–C) groups is 1. The normalized spacial score (nSPS) is 16.7. The molecule has 0 saturated heterocycles. The van der Waals surface area contributed by atoms with Crippen molar-refractivity contribution in [3.8, 4) is 17.0 Å². The largest absolute Gasteiger partial charge is 0.496 e. The number of hydrogen-bond donors (Lipinski definition) is 0. The summed E-state index contributed by atoms with van der Waals surface area (Å²) in [4.78, 5) is 9.50. The fraction of sp³-hybridized carbons (Fsp3) is 0.222. The lowest BCUT2D eigenvalue weighted by atomic mass is 10.0. The molecular weight excluding hydrogens is 274 g/mol. The van der Waals surface area contributed by atoms with Crippen LogP contribution in [0.1, 0.15) is 25.0 Å². The summed E-state index contributed by atoms with van der Waals surface area (Å²) in [5.74, 6) is 2.13. The van der Waals surface area contributed by atoms with Crippen molar-refractivity contribution in [2.75, 3.05) is 7.11 Å². The van der Waals surface area contributed by atoms with E-state index in [0.717, 1.165) is 34.9 Å². The van der Waals surface area contributed by atoms with Crippen molar-refractivity contribution < 1.29 is 4.74 Å². The van der Waals surface area contributed by atoms with Crippen LogP contribution in [0.4, 0.5) is 5.82 Å². The number of para-hydroxylation sites is 1. The van der Waals surface area contributed by atoms with E-state index in [2.05, 4.69) is 28.4 Å². The van der Waals surface area contributed by atoms with E-state index in [1.807, 2.05) is 36.5 Å². The first-order valence-electron chi connectivity index (χ1n) is 7.47. The molecule has 3 heterocycles. The zero-order valence-electron chi connectivity index (χ0n) is 12.7. The van der Waals surface area contributed by atoms with Gasteiger partial charge in [0.1, 0.15) is 17.1 Å². The zero-order valence-corrected chi connectivity index (χ0v) is 12.7. The summed E-state index contributed by atoms with van der Waals surface area (Å²) in [6, 6.07) is 14.2. The number of rotatable bonds is 2. The molecule has 1 unspecified atom stereocenters. The van der Waals surface area contributed by atoms with Gasteiger partial charge in [0.25, 0.3) is 0 Å². The highest BCUT2D eigenvalue weighted by molar-refractivity contribution is 5.82. The monoisotopic (exact) mass is 291 g/mol. The smallest absolute Gasteiger partial charge is 0.165 e. The number of benzene rings is 1. The van der Waals surface area contributed by atoms with Crippen molar-refractivity contribution in [3.05, 3.63) is 48.2 Å². The SMILES string of the molecule is COc1ccccc1-c1nc2cccc3n2c1N=CCC3C. The minimum absolute atomic E-state index is 0.424. The molecule has 110 valence electrons. The van der Waals surface area contributed by atoms with Crippen LogP contribution in [0.5, 0.6) is 5.75 Å². The third-order valence-corrected chi connectivity index (χ3v) is 4.19. The van der Waals surface area contributed by atoms with Gasteiger partial charge < -0.3 is 4.74 Å². The number of methoxy groups -OCH3 is 1. The maximum absolute atomic E-state index is 5.49. The van der Waals surface area contributed by atoms with Crippen LogP contribution in [0.2, 0.25) is 0 Å². The Bertz CT molecular complexity index is 879. The van der Waals surface area contributed by atoms with Gasteiger partial charge >= 0.3 is 0 Å². The Balaban J connectivity index is 2.07. The Morgan fingerprint density at radius 1 is 1.14 bits per heavy atom. The van der Waals surface area contributed by atoms with Gasteiger partial charge in [0.2, 0.25) is 0 Å². The molecule has 0 radical (unpaired) electrons. The number of hydrogen-bond acceptors (Lipinski definition) is 3. The van der Waals surface area contributed by atoms with E-state index < -0.39 is 0 Å². The standard InChI is InChI=1S/C18H17N3O/c1-12-10-11-19-18-17(13-6-3-4-8-15(13)22-2)20-16-9-5-7-14(12)21(16)18/h3-9,11-12H,10H2,1-2H3. The molecule has 1 aliphatic heterocycles. The predicted molar refractivity (Wildman–Crippen MR) is 88.4 cm³/mol. The van der Waals surface area contributed by atoms with Gasteiger partial charge in [-0.1, -0.05) is 25.1 Å². The van der Waals surface area contributed by atoms with Crippen LogP contribution in [0.3, 0.4) is 0 Å². The van der Waals surface area contributed by atoms with Gasteiger partial charge in [0, 0.05) is 23.4 Å². The highest BCUT2D eigenvalue weighted by atomic mass is 16.5. The zero-order chi connectivity index (χ0) is 15.1. The van der Waals surface area contributed by atoms with Crippen LogP contribution in [0, 0.1) is 0 Å². The molecule has 4 rings (SSSR count). The van der Waals surface area contributed by atoms with Crippen molar-refractivity contribution >= 4 is 17.7 Å². The van der Waals surface area contributed by atoms with Gasteiger partial charge in [-0.05, 0) is 30.7 Å². The average molecular weight is 291 g/mol. The Morgan fingerprint density at radius 3 is 2.86 bits per heavy atom. The molecule has 0 aliphatic carbocycles. The van der Waals surface area contributed by atoms with Gasteiger partial charge in [-0.3, -0.25) is 4.40 Å². The fourth-order valence-corrected chi connectivity index (χ4v) is 3.05. The molecule has 4 heteroatoms. The second-order valence-electron chi connectivity index (χ2n) is 5.58. The lowest BCUT2D eigenvalue weighted by Crippen LogP contribution is -1.99. The molecular formula is C18H17N3O. The Kier molecular flexibility index (Phi) is 2.96. The Morgan fingerprint density at radius 2 is 2.00 bits per heavy atom. The highest BCUT2D eigenvalue weighted by Gasteiger charge is 2.21. The summed E-state index contributed by atoms with van der Waals surface area (Å²) in [6.07, 6.45) is 2.93. The van der Waals surface area contributed by atoms with Crippen LogP contribution >= 0.6 is 0 Å². The second kappa shape index (κ2) is 4.98. The molecule has 0 amide bonds. The van der Waals surface area contributed by atoms with E-state index in [-0.39, 0.29) is 0 Å². The predicted octanol–water partition coefficient (Wildman–Crippen LogP) is 4.22. The topological polar surface area (TPSA) is 38.9 Å². The number of pyridine rings is 1. The minimum Gasteiger partial charge on any atom is -0.496 e. The molecule has 0 spiro atoms. The minimum atomic E-state index is 0.424. The summed E-state index contributed by atoms with van der Waals surface area (Å²) < 4.78 is 7.66. The molecule has 0 N–H and O–H groups in total. The van der Waals surface area contributed by atoms with E-state index >= 15 is 0 Å². The van der Waals surface area contributed by atoms with Crippen LogP contribution in [0.25, 0.3) is 16.9 Å². The number of imidazole rings is 1. The first-order valence-corrected chi connectivity index (χ1v) is 7.47. The maximum atomic E-state index is 5.49. The van der Waals surface area contributed by atoms with E-state index in [1.54, 1.807) is 7.11 Å². The van der Waals surface area contributed by atoms with E-state index in [9.17, 15) is 0 Å². The molecule has 0 bridgehead atoms. The number of aromatic nitrogens is 2. The van der Waals surface area contributed by atoms with Gasteiger partial charge in [0.05, 0.1) is 7.11 Å². The summed E-state index contributed by atoms with van der Waals surface area (Å²) >= 11 is 0. The molecule has 0 fully saturated rings. The summed E-state index contributed by atoms with van der Waals surface area (Å²) in [7, 11) is 1.68. The van der Waals surface area contributed by atoms with Crippen molar-refractivity contribution in [2.45, 2.75) is 19.3 Å². The Hall–Kier alpha value is -2.62. The lowest BCUT2D eigenvalue weighted by Gasteiger charge is -2.10. The van der Waals surface area contributed by atoms with E-state index in [0.29, 0.717) is 5.92 Å². The third kappa shape index (κ3) is 1.84. The highest BCUT2D eigenvalue weighted by Crippen LogP contribution is 2.39. The van der Waals surface area contributed by atoms with Crippen LogP contribution in [-0.2, 0) is 0 Å². The molecule has 0 saturated carbocycles. The molecule has 2 aromatic heterocycles. The van der Waals surface area contributed by atoms with Crippen molar-refractivity contribution in [3.63, 3.8) is 0 Å². The molecule has 1 atom stereocenters. The Labute approximate surface area is 129 Å². The summed E-state index contributed by atoms with van der Waals surface area (Å²) in [5.41, 5.74) is 4.02. The fourth-order valence-electron chi connectivity index (χ4n) is 3.05. The quantitative estimate of drug-likeness (QED) is 0.709. The maximum Gasteiger partial charge on any atom is 0.165 e. The average Bonchev–Trinajstić information content (AvgIpc) is 2.84. The van der Waals surface area contributed by atoms with Crippen molar-refractivity contribution in [1.29, 1.82) is 0 Å². The lowest BCUT2D eigenvalue weighted by molar-refractivity contribution is 0.416. The van der Waals surface area contributed by atoms with E-state index in [1.165, 1.54) is 5.69 Å². The van der Waals surface area contributed by atoms with E-state index in [4.69, 9.17) is 9.72 Å². The second-order valence-corrected chi connectivity index (χ2v) is 5.58. The number of ether oxygens (including phenoxy) is 1. The van der Waals surface area contributed by atoms with Gasteiger partial charge in [0.15, 0.2) is 5.82 Å². The van der Waals surface area contributed by atoms with Crippen LogP contribution in [0.15, 0.2) is 47.5 Å². The molecule has 1 aliphatic rings. The summed E-state index contributed by atoms with van der Waals surface area (Å²) in [5, 5.41) is 0. The first-order chi connectivity index (χ1) is 10.8.